The summed E-state index contributed by atoms with van der Waals surface area (Å²) in [6.07, 6.45) is -3.33. The van der Waals surface area contributed by atoms with Crippen molar-refractivity contribution in [2.24, 2.45) is 4.36 Å². The molecule has 0 aromatic heterocycles. The van der Waals surface area contributed by atoms with E-state index in [-0.39, 0.29) is 5.69 Å². The number of nitrogens with zero attached hydrogens (tertiary/aromatic N) is 2. The van der Waals surface area contributed by atoms with Crippen LogP contribution in [0.4, 0.5) is 27.6 Å². The molecule has 23 heavy (non-hydrogen) atoms. The van der Waals surface area contributed by atoms with E-state index >= 15 is 0 Å². The third-order valence-electron chi connectivity index (χ3n) is 2.92. The number of allylic oxidation sites excluding steroid dienone is 1. The average molecular weight is 417 g/mol. The molecule has 1 aliphatic heterocycles. The second-order valence-electron chi connectivity index (χ2n) is 4.53. The lowest BCUT2D eigenvalue weighted by Crippen LogP contribution is -2.24. The fourth-order valence-electron chi connectivity index (χ4n) is 1.90. The molecule has 1 aromatic carbocycles. The monoisotopic (exact) mass is 416 g/mol. The summed E-state index contributed by atoms with van der Waals surface area (Å²) in [7, 11) is -1.05. The Bertz CT molecular complexity index is 704. The summed E-state index contributed by atoms with van der Waals surface area (Å²) in [5, 5.41) is 0. The van der Waals surface area contributed by atoms with Gasteiger partial charge in [0.1, 0.15) is 10.1 Å². The molecule has 0 saturated heterocycles. The molecule has 0 aliphatic carbocycles. The van der Waals surface area contributed by atoms with Crippen molar-refractivity contribution < 1.29 is 26.7 Å². The van der Waals surface area contributed by atoms with Crippen LogP contribution >= 0.6 is 15.9 Å². The molecule has 1 amide bonds. The fourth-order valence-corrected chi connectivity index (χ4v) is 4.82. The van der Waals surface area contributed by atoms with Crippen molar-refractivity contribution >= 4 is 38.2 Å². The van der Waals surface area contributed by atoms with Crippen LogP contribution in [0.2, 0.25) is 0 Å². The van der Waals surface area contributed by atoms with E-state index in [0.717, 1.165) is 6.07 Å². The van der Waals surface area contributed by atoms with Crippen LogP contribution in [0.5, 0.6) is 0 Å². The normalized spacial score (nSPS) is 21.7. The summed E-state index contributed by atoms with van der Waals surface area (Å²) < 4.78 is 67.1. The van der Waals surface area contributed by atoms with Crippen molar-refractivity contribution in [2.75, 3.05) is 11.6 Å². The molecule has 1 aromatic rings. The van der Waals surface area contributed by atoms with E-state index in [1.54, 1.807) is 6.92 Å². The summed E-state index contributed by atoms with van der Waals surface area (Å²) in [5.74, 6) is -2.31. The van der Waals surface area contributed by atoms with E-state index in [4.69, 9.17) is 0 Å². The maximum absolute atomic E-state index is 13.4. The second kappa shape index (κ2) is 6.68. The fraction of sp³-hybridized carbons (Fsp3) is 0.308. The number of hydrogen-bond donors (Lipinski definition) is 0. The van der Waals surface area contributed by atoms with Crippen molar-refractivity contribution in [2.45, 2.75) is 17.4 Å². The minimum Gasteiger partial charge on any atom is -0.324 e. The maximum atomic E-state index is 13.4. The highest BCUT2D eigenvalue weighted by atomic mass is 79.9. The number of carbonyl (C=O) groups is 1. The van der Waals surface area contributed by atoms with Gasteiger partial charge in [0.05, 0.1) is 5.56 Å². The van der Waals surface area contributed by atoms with Gasteiger partial charge in [0.15, 0.2) is 6.67 Å². The molecule has 1 aliphatic rings. The highest BCUT2D eigenvalue weighted by Crippen LogP contribution is 2.38. The molecule has 0 fully saturated rings. The first kappa shape index (κ1) is 18.1. The topological polar surface area (TPSA) is 32.7 Å². The van der Waals surface area contributed by atoms with Crippen LogP contribution in [0.25, 0.3) is 0 Å². The van der Waals surface area contributed by atoms with Crippen molar-refractivity contribution in [3.63, 3.8) is 0 Å². The third-order valence-corrected chi connectivity index (χ3v) is 6.19. The zero-order valence-electron chi connectivity index (χ0n) is 11.6. The van der Waals surface area contributed by atoms with Gasteiger partial charge in [-0.15, -0.1) is 0 Å². The molecule has 2 unspecified atom stereocenters. The Labute approximate surface area is 139 Å². The quantitative estimate of drug-likeness (QED) is 0.403. The lowest BCUT2D eigenvalue weighted by Gasteiger charge is -2.22. The predicted molar refractivity (Wildman–Crippen MR) is 81.1 cm³/mol. The van der Waals surface area contributed by atoms with Crippen molar-refractivity contribution in [1.82, 2.24) is 0 Å². The molecule has 0 radical (unpaired) electrons. The first-order valence-corrected chi connectivity index (χ1v) is 8.32. The minimum absolute atomic E-state index is 0.0813. The van der Waals surface area contributed by atoms with Crippen LogP contribution in [0.15, 0.2) is 33.7 Å². The van der Waals surface area contributed by atoms with Crippen LogP contribution in [-0.4, -0.2) is 16.9 Å². The number of anilines is 1. The second-order valence-corrected chi connectivity index (χ2v) is 7.91. The Morgan fingerprint density at radius 2 is 2.09 bits per heavy atom. The molecule has 0 saturated carbocycles. The van der Waals surface area contributed by atoms with E-state index < -0.39 is 45.1 Å². The van der Waals surface area contributed by atoms with Crippen LogP contribution in [0, 0.1) is 5.82 Å². The summed E-state index contributed by atoms with van der Waals surface area (Å²) in [6.45, 7) is 0.381. The van der Waals surface area contributed by atoms with Crippen LogP contribution < -0.4 is 4.90 Å². The Morgan fingerprint density at radius 1 is 1.43 bits per heavy atom. The maximum Gasteiger partial charge on any atom is 0.419 e. The van der Waals surface area contributed by atoms with E-state index in [1.165, 1.54) is 17.2 Å². The molecule has 2 atom stereocenters. The Balaban J connectivity index is 2.41. The van der Waals surface area contributed by atoms with Gasteiger partial charge in [0, 0.05) is 16.8 Å². The van der Waals surface area contributed by atoms with Gasteiger partial charge < -0.3 is 4.90 Å². The van der Waals surface area contributed by atoms with Gasteiger partial charge >= 0.3 is 6.18 Å². The highest BCUT2D eigenvalue weighted by Gasteiger charge is 2.36. The van der Waals surface area contributed by atoms with Crippen molar-refractivity contribution in [3.8, 4) is 0 Å². The smallest absolute Gasteiger partial charge is 0.324 e. The number of carbonyl (C=O) groups excluding carboxylic acids is 1. The summed E-state index contributed by atoms with van der Waals surface area (Å²) in [5.41, 5.74) is -1.30. The standard InChI is InChI=1S/C13H10BrF5N2OS/c1-7-6-21(12(14)23(7)20-11(22)5-15)8-2-3-10(16)9(4-8)13(17,18)19/h2-4,6,12H,5H2,1H3. The SMILES string of the molecule is CC1=CN(c2ccc(F)c(C(F)(F)F)c2)C(Br)S1=NC(=O)CF. The van der Waals surface area contributed by atoms with Crippen molar-refractivity contribution in [1.29, 1.82) is 0 Å². The number of alkyl halides is 5. The number of benzene rings is 1. The Kier molecular flexibility index (Phi) is 5.24. The molecule has 10 heteroatoms. The molecule has 0 spiro atoms. The van der Waals surface area contributed by atoms with Gasteiger partial charge in [-0.2, -0.15) is 17.5 Å². The first-order valence-electron chi connectivity index (χ1n) is 6.16. The van der Waals surface area contributed by atoms with E-state index in [1.807, 2.05) is 0 Å². The van der Waals surface area contributed by atoms with Crippen LogP contribution in [0.3, 0.4) is 0 Å². The number of rotatable bonds is 2. The number of amides is 1. The summed E-state index contributed by atoms with van der Waals surface area (Å²) in [6, 6.07) is 2.59. The van der Waals surface area contributed by atoms with Gasteiger partial charge in [-0.1, -0.05) is 15.9 Å². The summed E-state index contributed by atoms with van der Waals surface area (Å²) >= 11 is 3.24. The van der Waals surface area contributed by atoms with Crippen LogP contribution in [-0.2, 0) is 21.7 Å². The Morgan fingerprint density at radius 3 is 2.65 bits per heavy atom. The molecular formula is C13H10BrF5N2OS. The van der Waals surface area contributed by atoms with Gasteiger partial charge in [-0.25, -0.2) is 8.78 Å². The summed E-state index contributed by atoms with van der Waals surface area (Å²) in [4.78, 5) is 13.1. The largest absolute Gasteiger partial charge is 0.419 e. The van der Waals surface area contributed by atoms with Crippen molar-refractivity contribution in [3.05, 3.63) is 40.7 Å². The minimum atomic E-state index is -4.82. The zero-order valence-corrected chi connectivity index (χ0v) is 14.0. The molecular weight excluding hydrogens is 407 g/mol. The molecule has 0 N–H and O–H groups in total. The lowest BCUT2D eigenvalue weighted by atomic mass is 10.1. The van der Waals surface area contributed by atoms with E-state index in [2.05, 4.69) is 20.3 Å². The Hall–Kier alpha value is -1.29. The van der Waals surface area contributed by atoms with Gasteiger partial charge in [0.2, 0.25) is 0 Å². The van der Waals surface area contributed by atoms with Crippen LogP contribution in [0.1, 0.15) is 12.5 Å². The molecule has 2 rings (SSSR count). The highest BCUT2D eigenvalue weighted by molar-refractivity contribution is 9.11. The zero-order chi connectivity index (χ0) is 17.4. The van der Waals surface area contributed by atoms with E-state index in [0.29, 0.717) is 11.0 Å². The average Bonchev–Trinajstić information content (AvgIpc) is 2.74. The predicted octanol–water partition coefficient (Wildman–Crippen LogP) is 4.50. The molecule has 3 nitrogen and oxygen atoms in total. The molecule has 1 heterocycles. The first-order chi connectivity index (χ1) is 10.6. The molecule has 0 bridgehead atoms. The van der Waals surface area contributed by atoms with Gasteiger partial charge in [0.25, 0.3) is 5.91 Å². The van der Waals surface area contributed by atoms with Gasteiger partial charge in [-0.3, -0.25) is 4.79 Å². The molecule has 126 valence electrons. The lowest BCUT2D eigenvalue weighted by molar-refractivity contribution is -0.140. The third kappa shape index (κ3) is 3.79. The number of hydrogen-bond acceptors (Lipinski definition) is 2. The van der Waals surface area contributed by atoms with E-state index in [9.17, 15) is 26.7 Å². The number of halogens is 6. The van der Waals surface area contributed by atoms with Gasteiger partial charge in [-0.05, 0) is 35.8 Å².